The molecule has 0 saturated carbocycles. The number of carbonyl (C=O) groups is 1. The summed E-state index contributed by atoms with van der Waals surface area (Å²) in [5.41, 5.74) is 3.67. The Balaban J connectivity index is 2.18. The van der Waals surface area contributed by atoms with Crippen molar-refractivity contribution in [3.63, 3.8) is 0 Å². The minimum Gasteiger partial charge on any atom is -0.492 e. The highest BCUT2D eigenvalue weighted by molar-refractivity contribution is 7.92. The van der Waals surface area contributed by atoms with Crippen molar-refractivity contribution in [1.82, 2.24) is 5.43 Å². The SMILES string of the molecule is CCOc1ccccc1N(CC(=O)N/N=C(/C)c1ccc(F)cc1)S(C)(=O)=O. The molecule has 0 spiro atoms. The highest BCUT2D eigenvalue weighted by atomic mass is 32.2. The van der Waals surface area contributed by atoms with Crippen LogP contribution in [0.3, 0.4) is 0 Å². The van der Waals surface area contributed by atoms with Crippen molar-refractivity contribution < 1.29 is 22.3 Å². The van der Waals surface area contributed by atoms with Gasteiger partial charge in [0.1, 0.15) is 18.1 Å². The smallest absolute Gasteiger partial charge is 0.260 e. The van der Waals surface area contributed by atoms with E-state index < -0.39 is 22.5 Å². The third-order valence-corrected chi connectivity index (χ3v) is 4.86. The van der Waals surface area contributed by atoms with E-state index in [0.717, 1.165) is 10.6 Å². The van der Waals surface area contributed by atoms with E-state index in [-0.39, 0.29) is 11.5 Å². The number of para-hydroxylation sites is 2. The molecule has 0 aliphatic heterocycles. The molecule has 0 aliphatic carbocycles. The fourth-order valence-electron chi connectivity index (χ4n) is 2.39. The van der Waals surface area contributed by atoms with Crippen molar-refractivity contribution in [3.05, 3.63) is 59.9 Å². The number of carbonyl (C=O) groups excluding carboxylic acids is 1. The molecule has 2 aromatic rings. The molecular formula is C19H22FN3O4S. The first-order chi connectivity index (χ1) is 13.2. The Bertz CT molecular complexity index is 959. The van der Waals surface area contributed by atoms with Gasteiger partial charge in [-0.3, -0.25) is 9.10 Å². The molecule has 7 nitrogen and oxygen atoms in total. The molecule has 1 N–H and O–H groups in total. The van der Waals surface area contributed by atoms with Gasteiger partial charge in [0.05, 0.1) is 24.3 Å². The fraction of sp³-hybridized carbons (Fsp3) is 0.263. The molecule has 2 aromatic carbocycles. The topological polar surface area (TPSA) is 88.1 Å². The summed E-state index contributed by atoms with van der Waals surface area (Å²) in [6, 6.07) is 12.2. The van der Waals surface area contributed by atoms with Crippen LogP contribution in [0.2, 0.25) is 0 Å². The second-order valence-corrected chi connectivity index (χ2v) is 7.82. The van der Waals surface area contributed by atoms with E-state index in [0.29, 0.717) is 23.6 Å². The van der Waals surface area contributed by atoms with E-state index in [4.69, 9.17) is 4.74 Å². The summed E-state index contributed by atoms with van der Waals surface area (Å²) >= 11 is 0. The summed E-state index contributed by atoms with van der Waals surface area (Å²) in [4.78, 5) is 12.3. The van der Waals surface area contributed by atoms with Gasteiger partial charge in [-0.1, -0.05) is 24.3 Å². The zero-order chi connectivity index (χ0) is 20.7. The highest BCUT2D eigenvalue weighted by Gasteiger charge is 2.23. The lowest BCUT2D eigenvalue weighted by Crippen LogP contribution is -2.39. The molecule has 0 radical (unpaired) electrons. The highest BCUT2D eigenvalue weighted by Crippen LogP contribution is 2.29. The fourth-order valence-corrected chi connectivity index (χ4v) is 3.25. The van der Waals surface area contributed by atoms with E-state index in [1.807, 2.05) is 0 Å². The third-order valence-electron chi connectivity index (χ3n) is 3.73. The molecule has 0 heterocycles. The van der Waals surface area contributed by atoms with Crippen molar-refractivity contribution in [2.24, 2.45) is 5.10 Å². The molecular weight excluding hydrogens is 385 g/mol. The van der Waals surface area contributed by atoms with Gasteiger partial charge in [-0.2, -0.15) is 5.10 Å². The first-order valence-corrected chi connectivity index (χ1v) is 10.4. The second-order valence-electron chi connectivity index (χ2n) is 5.91. The molecule has 150 valence electrons. The minimum atomic E-state index is -3.75. The molecule has 2 rings (SSSR count). The maximum atomic E-state index is 13.0. The average molecular weight is 407 g/mol. The van der Waals surface area contributed by atoms with Crippen molar-refractivity contribution in [1.29, 1.82) is 0 Å². The van der Waals surface area contributed by atoms with Crippen LogP contribution in [0.5, 0.6) is 5.75 Å². The maximum absolute atomic E-state index is 13.0. The molecule has 28 heavy (non-hydrogen) atoms. The van der Waals surface area contributed by atoms with Crippen LogP contribution in [-0.2, 0) is 14.8 Å². The molecule has 0 aromatic heterocycles. The Hall–Kier alpha value is -2.94. The second kappa shape index (κ2) is 9.32. The zero-order valence-corrected chi connectivity index (χ0v) is 16.7. The summed E-state index contributed by atoms with van der Waals surface area (Å²) in [5, 5.41) is 3.95. The summed E-state index contributed by atoms with van der Waals surface area (Å²) in [5.74, 6) is -0.648. The lowest BCUT2D eigenvalue weighted by Gasteiger charge is -2.23. The number of benzene rings is 2. The van der Waals surface area contributed by atoms with Gasteiger partial charge in [-0.15, -0.1) is 0 Å². The van der Waals surface area contributed by atoms with Crippen LogP contribution >= 0.6 is 0 Å². The number of hydrazone groups is 1. The van der Waals surface area contributed by atoms with Crippen molar-refractivity contribution in [2.75, 3.05) is 23.7 Å². The van der Waals surface area contributed by atoms with Crippen LogP contribution < -0.4 is 14.5 Å². The van der Waals surface area contributed by atoms with Gasteiger partial charge in [-0.05, 0) is 43.7 Å². The van der Waals surface area contributed by atoms with Crippen LogP contribution in [0.25, 0.3) is 0 Å². The van der Waals surface area contributed by atoms with E-state index in [9.17, 15) is 17.6 Å². The Morgan fingerprint density at radius 1 is 1.18 bits per heavy atom. The Kier molecular flexibility index (Phi) is 7.11. The number of nitrogens with zero attached hydrogens (tertiary/aromatic N) is 2. The molecule has 0 fully saturated rings. The van der Waals surface area contributed by atoms with E-state index in [2.05, 4.69) is 10.5 Å². The van der Waals surface area contributed by atoms with Crippen LogP contribution in [0, 0.1) is 5.82 Å². The number of ether oxygens (including phenoxy) is 1. The number of halogens is 1. The van der Waals surface area contributed by atoms with Gasteiger partial charge in [-0.25, -0.2) is 18.2 Å². The van der Waals surface area contributed by atoms with Crippen molar-refractivity contribution in [3.8, 4) is 5.75 Å². The lowest BCUT2D eigenvalue weighted by atomic mass is 10.1. The predicted octanol–water partition coefficient (Wildman–Crippen LogP) is 2.53. The summed E-state index contributed by atoms with van der Waals surface area (Å²) in [6.45, 7) is 3.30. The number of hydrogen-bond acceptors (Lipinski definition) is 5. The third kappa shape index (κ3) is 5.78. The van der Waals surface area contributed by atoms with Gasteiger partial charge in [0.15, 0.2) is 0 Å². The number of anilines is 1. The zero-order valence-electron chi connectivity index (χ0n) is 15.8. The summed E-state index contributed by atoms with van der Waals surface area (Å²) in [6.07, 6.45) is 1.01. The van der Waals surface area contributed by atoms with Crippen LogP contribution in [0.1, 0.15) is 19.4 Å². The normalized spacial score (nSPS) is 11.8. The Morgan fingerprint density at radius 2 is 1.82 bits per heavy atom. The predicted molar refractivity (Wildman–Crippen MR) is 107 cm³/mol. The van der Waals surface area contributed by atoms with Gasteiger partial charge in [0.2, 0.25) is 10.0 Å². The van der Waals surface area contributed by atoms with Crippen LogP contribution in [-0.4, -0.2) is 39.4 Å². The average Bonchev–Trinajstić information content (AvgIpc) is 2.65. The standard InChI is InChI=1S/C19H22FN3O4S/c1-4-27-18-8-6-5-7-17(18)23(28(3,25)26)13-19(24)22-21-14(2)15-9-11-16(20)12-10-15/h5-12H,4,13H2,1-3H3,(H,22,24)/b21-14-. The number of amides is 1. The molecule has 0 saturated heterocycles. The molecule has 0 atom stereocenters. The largest absolute Gasteiger partial charge is 0.492 e. The first kappa shape index (κ1) is 21.4. The van der Waals surface area contributed by atoms with Gasteiger partial charge in [0, 0.05) is 0 Å². The van der Waals surface area contributed by atoms with Gasteiger partial charge < -0.3 is 4.74 Å². The maximum Gasteiger partial charge on any atom is 0.260 e. The summed E-state index contributed by atoms with van der Waals surface area (Å²) < 4.78 is 43.9. The molecule has 1 amide bonds. The molecule has 0 bridgehead atoms. The number of nitrogens with one attached hydrogen (secondary N) is 1. The van der Waals surface area contributed by atoms with Crippen molar-refractivity contribution >= 4 is 27.3 Å². The van der Waals surface area contributed by atoms with Crippen LogP contribution in [0.15, 0.2) is 53.6 Å². The Labute approximate surface area is 163 Å². The monoisotopic (exact) mass is 407 g/mol. The minimum absolute atomic E-state index is 0.265. The Morgan fingerprint density at radius 3 is 2.43 bits per heavy atom. The lowest BCUT2D eigenvalue weighted by molar-refractivity contribution is -0.119. The van der Waals surface area contributed by atoms with Crippen molar-refractivity contribution in [2.45, 2.75) is 13.8 Å². The van der Waals surface area contributed by atoms with Crippen LogP contribution in [0.4, 0.5) is 10.1 Å². The molecule has 0 aliphatic rings. The number of rotatable bonds is 8. The number of hydrogen-bond donors (Lipinski definition) is 1. The first-order valence-electron chi connectivity index (χ1n) is 8.51. The molecule has 0 unspecified atom stereocenters. The molecule has 9 heteroatoms. The quantitative estimate of drug-likeness (QED) is 0.538. The van der Waals surface area contributed by atoms with Gasteiger partial charge in [0.25, 0.3) is 5.91 Å². The van der Waals surface area contributed by atoms with E-state index in [1.54, 1.807) is 38.1 Å². The van der Waals surface area contributed by atoms with Gasteiger partial charge >= 0.3 is 0 Å². The number of sulfonamides is 1. The summed E-state index contributed by atoms with van der Waals surface area (Å²) in [7, 11) is -3.75. The van der Waals surface area contributed by atoms with E-state index >= 15 is 0 Å². The van der Waals surface area contributed by atoms with E-state index in [1.165, 1.54) is 24.3 Å².